The fourth-order valence-electron chi connectivity index (χ4n) is 1.55. The molecule has 0 aromatic carbocycles. The van der Waals surface area contributed by atoms with Gasteiger partial charge in [0.15, 0.2) is 0 Å². The standard InChI is InChI=1S/C12H26O2/c1-4-11(13)12(14)9-7-5-6-8-10(2)3/h10-14H,4-9H2,1-3H3. The highest BCUT2D eigenvalue weighted by Gasteiger charge is 2.12. The Morgan fingerprint density at radius 1 is 0.857 bits per heavy atom. The van der Waals surface area contributed by atoms with Crippen LogP contribution in [-0.2, 0) is 0 Å². The summed E-state index contributed by atoms with van der Waals surface area (Å²) in [7, 11) is 0. The quantitative estimate of drug-likeness (QED) is 0.594. The van der Waals surface area contributed by atoms with Gasteiger partial charge in [-0.05, 0) is 18.8 Å². The van der Waals surface area contributed by atoms with Crippen molar-refractivity contribution in [2.45, 2.75) is 71.5 Å². The average molecular weight is 202 g/mol. The molecule has 0 aromatic heterocycles. The van der Waals surface area contributed by atoms with Crippen LogP contribution in [0.5, 0.6) is 0 Å². The van der Waals surface area contributed by atoms with Gasteiger partial charge in [-0.2, -0.15) is 0 Å². The molecular formula is C12H26O2. The van der Waals surface area contributed by atoms with Crippen LogP contribution < -0.4 is 0 Å². The molecular weight excluding hydrogens is 176 g/mol. The Hall–Kier alpha value is -0.0800. The maximum atomic E-state index is 9.48. The van der Waals surface area contributed by atoms with Crippen molar-refractivity contribution in [2.24, 2.45) is 5.92 Å². The van der Waals surface area contributed by atoms with Crippen molar-refractivity contribution >= 4 is 0 Å². The minimum atomic E-state index is -0.528. The minimum Gasteiger partial charge on any atom is -0.390 e. The second kappa shape index (κ2) is 8.25. The van der Waals surface area contributed by atoms with Gasteiger partial charge in [0.25, 0.3) is 0 Å². The molecule has 0 saturated heterocycles. The molecule has 0 amide bonds. The molecule has 2 heteroatoms. The van der Waals surface area contributed by atoms with Crippen LogP contribution in [0.2, 0.25) is 0 Å². The maximum Gasteiger partial charge on any atom is 0.0799 e. The number of aliphatic hydroxyl groups is 2. The number of hydrogen-bond acceptors (Lipinski definition) is 2. The molecule has 0 aliphatic rings. The van der Waals surface area contributed by atoms with E-state index >= 15 is 0 Å². The Morgan fingerprint density at radius 2 is 1.43 bits per heavy atom. The summed E-state index contributed by atoms with van der Waals surface area (Å²) in [4.78, 5) is 0. The fraction of sp³-hybridized carbons (Fsp3) is 1.00. The van der Waals surface area contributed by atoms with E-state index in [9.17, 15) is 10.2 Å². The van der Waals surface area contributed by atoms with Crippen LogP contribution in [0.4, 0.5) is 0 Å². The van der Waals surface area contributed by atoms with Gasteiger partial charge >= 0.3 is 0 Å². The van der Waals surface area contributed by atoms with Crippen molar-refractivity contribution in [3.05, 3.63) is 0 Å². The highest BCUT2D eigenvalue weighted by Crippen LogP contribution is 2.12. The van der Waals surface area contributed by atoms with Gasteiger partial charge in [-0.25, -0.2) is 0 Å². The fourth-order valence-corrected chi connectivity index (χ4v) is 1.55. The molecule has 0 bridgehead atoms. The van der Waals surface area contributed by atoms with Gasteiger partial charge in [0.1, 0.15) is 0 Å². The Bertz CT molecular complexity index is 123. The zero-order valence-corrected chi connectivity index (χ0v) is 9.87. The number of aliphatic hydroxyl groups excluding tert-OH is 2. The molecule has 0 aliphatic heterocycles. The lowest BCUT2D eigenvalue weighted by Gasteiger charge is -2.15. The molecule has 2 nitrogen and oxygen atoms in total. The van der Waals surface area contributed by atoms with Crippen LogP contribution >= 0.6 is 0 Å². The molecule has 2 atom stereocenters. The second-order valence-corrected chi connectivity index (χ2v) is 4.57. The lowest BCUT2D eigenvalue weighted by Crippen LogP contribution is -2.24. The van der Waals surface area contributed by atoms with E-state index in [1.54, 1.807) is 0 Å². The number of unbranched alkanes of at least 4 members (excludes halogenated alkanes) is 2. The van der Waals surface area contributed by atoms with Crippen LogP contribution in [0.3, 0.4) is 0 Å². The van der Waals surface area contributed by atoms with E-state index in [-0.39, 0.29) is 0 Å². The molecule has 0 aromatic rings. The topological polar surface area (TPSA) is 40.5 Å². The SMILES string of the molecule is CCC(O)C(O)CCCCCC(C)C. The summed E-state index contributed by atoms with van der Waals surface area (Å²) in [6.07, 6.45) is 5.06. The third-order valence-corrected chi connectivity index (χ3v) is 2.64. The van der Waals surface area contributed by atoms with Gasteiger partial charge in [0.05, 0.1) is 12.2 Å². The third kappa shape index (κ3) is 7.34. The Balaban J connectivity index is 3.27. The van der Waals surface area contributed by atoms with Crippen molar-refractivity contribution in [3.8, 4) is 0 Å². The number of hydrogen-bond donors (Lipinski definition) is 2. The van der Waals surface area contributed by atoms with E-state index in [4.69, 9.17) is 0 Å². The first-order valence-electron chi connectivity index (χ1n) is 5.94. The van der Waals surface area contributed by atoms with Crippen LogP contribution in [-0.4, -0.2) is 22.4 Å². The summed E-state index contributed by atoms with van der Waals surface area (Å²) in [5.74, 6) is 0.779. The Kier molecular flexibility index (Phi) is 8.20. The number of rotatable bonds is 8. The van der Waals surface area contributed by atoms with Crippen LogP contribution in [0.25, 0.3) is 0 Å². The van der Waals surface area contributed by atoms with E-state index in [0.29, 0.717) is 6.42 Å². The normalized spacial score (nSPS) is 15.9. The molecule has 0 heterocycles. The predicted octanol–water partition coefficient (Wildman–Crippen LogP) is 2.72. The molecule has 0 fully saturated rings. The third-order valence-electron chi connectivity index (χ3n) is 2.64. The van der Waals surface area contributed by atoms with Crippen molar-refractivity contribution in [2.75, 3.05) is 0 Å². The highest BCUT2D eigenvalue weighted by molar-refractivity contribution is 4.65. The summed E-state index contributed by atoms with van der Waals surface area (Å²) < 4.78 is 0. The predicted molar refractivity (Wildman–Crippen MR) is 60.2 cm³/mol. The zero-order valence-electron chi connectivity index (χ0n) is 9.87. The highest BCUT2D eigenvalue weighted by atomic mass is 16.3. The summed E-state index contributed by atoms with van der Waals surface area (Å²) in [5, 5.41) is 18.8. The van der Waals surface area contributed by atoms with Gasteiger partial charge in [-0.1, -0.05) is 46.5 Å². The van der Waals surface area contributed by atoms with Gasteiger partial charge in [0.2, 0.25) is 0 Å². The van der Waals surface area contributed by atoms with Crippen LogP contribution in [0.15, 0.2) is 0 Å². The summed E-state index contributed by atoms with van der Waals surface area (Å²) in [5.41, 5.74) is 0. The molecule has 2 unspecified atom stereocenters. The van der Waals surface area contributed by atoms with E-state index < -0.39 is 12.2 Å². The van der Waals surface area contributed by atoms with Gasteiger partial charge < -0.3 is 10.2 Å². The van der Waals surface area contributed by atoms with Crippen LogP contribution in [0.1, 0.15) is 59.3 Å². The Labute approximate surface area is 88.3 Å². The molecule has 0 spiro atoms. The molecule has 0 saturated carbocycles. The largest absolute Gasteiger partial charge is 0.390 e. The molecule has 0 rings (SSSR count). The zero-order chi connectivity index (χ0) is 11.0. The van der Waals surface area contributed by atoms with Gasteiger partial charge in [0, 0.05) is 0 Å². The Morgan fingerprint density at radius 3 is 1.93 bits per heavy atom. The minimum absolute atomic E-state index is 0.515. The molecule has 14 heavy (non-hydrogen) atoms. The smallest absolute Gasteiger partial charge is 0.0799 e. The summed E-state index contributed by atoms with van der Waals surface area (Å²) in [6.45, 7) is 6.36. The summed E-state index contributed by atoms with van der Waals surface area (Å²) >= 11 is 0. The van der Waals surface area contributed by atoms with E-state index in [1.807, 2.05) is 6.92 Å². The lowest BCUT2D eigenvalue weighted by atomic mass is 10.0. The second-order valence-electron chi connectivity index (χ2n) is 4.57. The maximum absolute atomic E-state index is 9.48. The molecule has 2 N–H and O–H groups in total. The van der Waals surface area contributed by atoms with Crippen LogP contribution in [0, 0.1) is 5.92 Å². The lowest BCUT2D eigenvalue weighted by molar-refractivity contribution is 0.0113. The average Bonchev–Trinajstić information content (AvgIpc) is 2.15. The monoisotopic (exact) mass is 202 g/mol. The molecule has 86 valence electrons. The summed E-state index contributed by atoms with van der Waals surface area (Å²) in [6, 6.07) is 0. The van der Waals surface area contributed by atoms with Gasteiger partial charge in [-0.3, -0.25) is 0 Å². The first-order chi connectivity index (χ1) is 6.57. The molecule has 0 radical (unpaired) electrons. The van der Waals surface area contributed by atoms with E-state index in [2.05, 4.69) is 13.8 Å². The van der Waals surface area contributed by atoms with Crippen molar-refractivity contribution in [1.29, 1.82) is 0 Å². The van der Waals surface area contributed by atoms with Gasteiger partial charge in [-0.15, -0.1) is 0 Å². The first-order valence-corrected chi connectivity index (χ1v) is 5.94. The van der Waals surface area contributed by atoms with E-state index in [1.165, 1.54) is 19.3 Å². The van der Waals surface area contributed by atoms with E-state index in [0.717, 1.165) is 18.8 Å². The first kappa shape index (κ1) is 13.9. The molecule has 0 aliphatic carbocycles. The van der Waals surface area contributed by atoms with Crippen molar-refractivity contribution in [3.63, 3.8) is 0 Å². The van der Waals surface area contributed by atoms with Crippen molar-refractivity contribution in [1.82, 2.24) is 0 Å². The van der Waals surface area contributed by atoms with Crippen molar-refractivity contribution < 1.29 is 10.2 Å².